The Kier molecular flexibility index (Phi) is 11.1. The highest BCUT2D eigenvalue weighted by atomic mass is 32.1. The third kappa shape index (κ3) is 8.31. The molecule has 3 heterocycles. The van der Waals surface area contributed by atoms with E-state index in [1.807, 2.05) is 31.2 Å². The summed E-state index contributed by atoms with van der Waals surface area (Å²) in [6, 6.07) is -0.612. The van der Waals surface area contributed by atoms with E-state index < -0.39 is 40.9 Å². The van der Waals surface area contributed by atoms with Crippen molar-refractivity contribution in [2.75, 3.05) is 20.6 Å². The lowest BCUT2D eigenvalue weighted by Gasteiger charge is -2.37. The van der Waals surface area contributed by atoms with E-state index in [1.165, 1.54) is 29.6 Å². The summed E-state index contributed by atoms with van der Waals surface area (Å²) in [7, 11) is 3.67. The second-order valence-corrected chi connectivity index (χ2v) is 16.2. The molecular formula is C34H48N6O7S2. The molecule has 3 fully saturated rings. The van der Waals surface area contributed by atoms with Crippen molar-refractivity contribution in [3.63, 3.8) is 0 Å². The van der Waals surface area contributed by atoms with Crippen LogP contribution in [0.15, 0.2) is 17.0 Å². The van der Waals surface area contributed by atoms with Crippen molar-refractivity contribution in [3.05, 3.63) is 32.7 Å². The van der Waals surface area contributed by atoms with Crippen LogP contribution < -0.4 is 10.6 Å². The number of ether oxygens (including phenoxy) is 1. The van der Waals surface area contributed by atoms with Gasteiger partial charge in [-0.25, -0.2) is 9.97 Å². The topological polar surface area (TPSA) is 171 Å². The molecule has 268 valence electrons. The summed E-state index contributed by atoms with van der Waals surface area (Å²) >= 11 is 2.66. The molecule has 3 aliphatic rings. The quantitative estimate of drug-likeness (QED) is 0.229. The average Bonchev–Trinajstić information content (AvgIpc) is 3.77. The van der Waals surface area contributed by atoms with Crippen LogP contribution in [0.3, 0.4) is 0 Å². The molecule has 2 aromatic rings. The number of esters is 1. The maximum atomic E-state index is 14.0. The minimum Gasteiger partial charge on any atom is -0.481 e. The van der Waals surface area contributed by atoms with Crippen LogP contribution in [0.4, 0.5) is 0 Å². The molecule has 15 heteroatoms. The van der Waals surface area contributed by atoms with Crippen molar-refractivity contribution in [1.82, 2.24) is 30.4 Å². The van der Waals surface area contributed by atoms with Gasteiger partial charge in [0.25, 0.3) is 5.91 Å². The predicted molar refractivity (Wildman–Crippen MR) is 184 cm³/mol. The zero-order valence-electron chi connectivity index (χ0n) is 29.1. The molecule has 0 bridgehead atoms. The van der Waals surface area contributed by atoms with Crippen molar-refractivity contribution in [1.29, 1.82) is 0 Å². The van der Waals surface area contributed by atoms with Gasteiger partial charge in [-0.1, -0.05) is 27.2 Å². The molecule has 5 rings (SSSR count). The normalized spacial score (nSPS) is 24.7. The van der Waals surface area contributed by atoms with Gasteiger partial charge in [0.2, 0.25) is 11.8 Å². The van der Waals surface area contributed by atoms with Crippen molar-refractivity contribution >= 4 is 52.3 Å². The molecule has 0 aromatic carbocycles. The third-order valence-electron chi connectivity index (χ3n) is 10.3. The highest BCUT2D eigenvalue weighted by Gasteiger charge is 2.58. The molecule has 2 saturated carbocycles. The van der Waals surface area contributed by atoms with Crippen LogP contribution in [-0.2, 0) is 23.9 Å². The number of rotatable bonds is 15. The second-order valence-electron chi connectivity index (χ2n) is 14.4. The summed E-state index contributed by atoms with van der Waals surface area (Å²) < 4.78 is 5.75. The number of hydrogen-bond acceptors (Lipinski definition) is 11. The maximum Gasteiger partial charge on any atom is 0.306 e. The van der Waals surface area contributed by atoms with Crippen LogP contribution >= 0.6 is 22.7 Å². The zero-order chi connectivity index (χ0) is 35.7. The first-order chi connectivity index (χ1) is 23.2. The standard InChI is InChI=1S/C34H48N6O7S2/c1-19(2)25(40(6)32(46)33(10-11-33)38-28(43)24-9-7-8-13-39(24)5)15-26(47-21(4)41)30-36-23(18-49-30)27(42)37-34(16-20(3)31(44)45)17-22(34)29-35-12-14-48-29/h12,14,18-20,22,24-26H,7-11,13,15-17H2,1-6H3,(H,37,42)(H,38,43)(H,44,45)/t20-,22?,24+,25+,26+,34?/m0/s1. The summed E-state index contributed by atoms with van der Waals surface area (Å²) in [6.45, 7) is 7.76. The molecule has 1 aliphatic heterocycles. The largest absolute Gasteiger partial charge is 0.481 e. The number of thiazole rings is 2. The first-order valence-corrected chi connectivity index (χ1v) is 18.8. The molecule has 13 nitrogen and oxygen atoms in total. The van der Waals surface area contributed by atoms with E-state index in [2.05, 4.69) is 20.6 Å². The number of aliphatic carboxylic acids is 1. The Balaban J connectivity index is 1.29. The van der Waals surface area contributed by atoms with E-state index in [9.17, 15) is 29.1 Å². The monoisotopic (exact) mass is 716 g/mol. The minimum absolute atomic E-state index is 0.0283. The molecule has 2 unspecified atom stereocenters. The molecule has 3 N–H and O–H groups in total. The van der Waals surface area contributed by atoms with Gasteiger partial charge in [0.1, 0.15) is 16.2 Å². The lowest BCUT2D eigenvalue weighted by Crippen LogP contribution is -2.57. The number of carboxylic acids is 1. The number of likely N-dealkylation sites (tertiary alicyclic amines) is 1. The first-order valence-electron chi connectivity index (χ1n) is 17.0. The number of nitrogens with zero attached hydrogens (tertiary/aromatic N) is 4. The second kappa shape index (κ2) is 14.8. The van der Waals surface area contributed by atoms with Gasteiger partial charge in [-0.3, -0.25) is 28.9 Å². The molecule has 1 saturated heterocycles. The summed E-state index contributed by atoms with van der Waals surface area (Å²) in [4.78, 5) is 77.4. The predicted octanol–water partition coefficient (Wildman–Crippen LogP) is 3.98. The van der Waals surface area contributed by atoms with E-state index in [1.54, 1.807) is 30.4 Å². The van der Waals surface area contributed by atoms with Gasteiger partial charge >= 0.3 is 11.9 Å². The Morgan fingerprint density at radius 3 is 2.47 bits per heavy atom. The molecule has 2 aliphatic carbocycles. The Morgan fingerprint density at radius 2 is 1.88 bits per heavy atom. The lowest BCUT2D eigenvalue weighted by atomic mass is 9.95. The van der Waals surface area contributed by atoms with E-state index >= 15 is 0 Å². The summed E-state index contributed by atoms with van der Waals surface area (Å²) in [5.41, 5.74) is -1.55. The average molecular weight is 717 g/mol. The molecule has 0 radical (unpaired) electrons. The molecule has 2 aromatic heterocycles. The van der Waals surface area contributed by atoms with Crippen LogP contribution in [0.1, 0.15) is 112 Å². The van der Waals surface area contributed by atoms with Crippen molar-refractivity contribution in [3.8, 4) is 0 Å². The van der Waals surface area contributed by atoms with Crippen molar-refractivity contribution < 1.29 is 33.8 Å². The summed E-state index contributed by atoms with van der Waals surface area (Å²) in [5.74, 6) is -2.97. The lowest BCUT2D eigenvalue weighted by molar-refractivity contribution is -0.149. The van der Waals surface area contributed by atoms with Gasteiger partial charge in [-0.05, 0) is 58.0 Å². The van der Waals surface area contributed by atoms with Gasteiger partial charge < -0.3 is 25.4 Å². The first kappa shape index (κ1) is 36.8. The molecule has 6 atom stereocenters. The number of aromatic nitrogens is 2. The fourth-order valence-electron chi connectivity index (χ4n) is 7.14. The number of hydrogen-bond donors (Lipinski definition) is 3. The Labute approximate surface area is 295 Å². The SMILES string of the molecule is CC(=O)O[C@H](C[C@H](C(C)C)N(C)C(=O)C1(NC(=O)[C@H]2CCCCN2C)CC1)c1nc(C(=O)NC2(C[C@H](C)C(=O)O)CC2c2nccs2)cs1. The van der Waals surface area contributed by atoms with E-state index in [0.717, 1.165) is 30.8 Å². The van der Waals surface area contributed by atoms with E-state index in [0.29, 0.717) is 24.3 Å². The van der Waals surface area contributed by atoms with Gasteiger partial charge in [0, 0.05) is 49.3 Å². The van der Waals surface area contributed by atoms with Gasteiger partial charge in [0.05, 0.1) is 22.5 Å². The van der Waals surface area contributed by atoms with E-state index in [4.69, 9.17) is 4.74 Å². The third-order valence-corrected chi connectivity index (χ3v) is 12.1. The molecule has 3 amide bonds. The van der Waals surface area contributed by atoms with Gasteiger partial charge in [0.15, 0.2) is 6.10 Å². The number of likely N-dealkylation sites (N-methyl/N-ethyl adjacent to an activating group) is 2. The highest BCUT2D eigenvalue weighted by molar-refractivity contribution is 7.10. The number of nitrogens with one attached hydrogen (secondary N) is 2. The maximum absolute atomic E-state index is 14.0. The Hall–Kier alpha value is -3.43. The Bertz CT molecular complexity index is 1540. The summed E-state index contributed by atoms with van der Waals surface area (Å²) in [6.07, 6.45) is 5.88. The number of carboxylic acid groups (broad SMARTS) is 1. The number of carbonyl (C=O) groups is 5. The summed E-state index contributed by atoms with van der Waals surface area (Å²) in [5, 5.41) is 20.5. The Morgan fingerprint density at radius 1 is 1.14 bits per heavy atom. The van der Waals surface area contributed by atoms with Crippen LogP contribution in [0, 0.1) is 11.8 Å². The molecule has 0 spiro atoms. The van der Waals surface area contributed by atoms with Crippen LogP contribution in [0.5, 0.6) is 0 Å². The van der Waals surface area contributed by atoms with Crippen molar-refractivity contribution in [2.24, 2.45) is 11.8 Å². The number of piperidine rings is 1. The molecule has 49 heavy (non-hydrogen) atoms. The van der Waals surface area contributed by atoms with Gasteiger partial charge in [-0.2, -0.15) is 0 Å². The van der Waals surface area contributed by atoms with Crippen LogP contribution in [0.25, 0.3) is 0 Å². The van der Waals surface area contributed by atoms with E-state index in [-0.39, 0.29) is 54.3 Å². The number of amides is 3. The fraction of sp³-hybridized carbons (Fsp3) is 0.676. The highest BCUT2D eigenvalue weighted by Crippen LogP contribution is 2.55. The fourth-order valence-corrected chi connectivity index (χ4v) is 8.84. The zero-order valence-corrected chi connectivity index (χ0v) is 30.7. The minimum atomic E-state index is -0.937. The van der Waals surface area contributed by atoms with Crippen LogP contribution in [0.2, 0.25) is 0 Å². The number of carbonyl (C=O) groups excluding carboxylic acids is 4. The molecular weight excluding hydrogens is 669 g/mol. The van der Waals surface area contributed by atoms with Crippen LogP contribution in [-0.4, -0.2) is 98.3 Å². The van der Waals surface area contributed by atoms with Gasteiger partial charge in [-0.15, -0.1) is 22.7 Å². The van der Waals surface area contributed by atoms with Crippen molar-refractivity contribution in [2.45, 2.75) is 114 Å². The smallest absolute Gasteiger partial charge is 0.306 e.